The Bertz CT molecular complexity index is 605. The normalized spacial score (nSPS) is 24.2. The van der Waals surface area contributed by atoms with Crippen LogP contribution in [0.25, 0.3) is 0 Å². The molecule has 0 aromatic heterocycles. The monoisotopic (exact) mass is 302 g/mol. The number of fused-ring (bicyclic) bond motifs is 1. The first-order valence-electron chi connectivity index (χ1n) is 8.00. The second-order valence-electron chi connectivity index (χ2n) is 6.18. The molecule has 4 heteroatoms. The molecule has 0 spiro atoms. The average molecular weight is 302 g/mol. The van der Waals surface area contributed by atoms with Gasteiger partial charge in [-0.15, -0.1) is 0 Å². The molecule has 1 aliphatic heterocycles. The number of ether oxygens (including phenoxy) is 2. The number of esters is 1. The summed E-state index contributed by atoms with van der Waals surface area (Å²) in [7, 11) is 0. The minimum Gasteiger partial charge on any atom is -0.465 e. The van der Waals surface area contributed by atoms with Crippen LogP contribution in [0.5, 0.6) is 0 Å². The first-order chi connectivity index (χ1) is 10.6. The average Bonchev–Trinajstić information content (AvgIpc) is 2.95. The van der Waals surface area contributed by atoms with E-state index in [2.05, 4.69) is 19.1 Å². The van der Waals surface area contributed by atoms with E-state index in [0.29, 0.717) is 32.7 Å². The summed E-state index contributed by atoms with van der Waals surface area (Å²) in [6, 6.07) is 4.23. The molecule has 2 aliphatic rings. The van der Waals surface area contributed by atoms with Crippen molar-refractivity contribution < 1.29 is 19.1 Å². The van der Waals surface area contributed by atoms with E-state index in [1.807, 2.05) is 0 Å². The highest BCUT2D eigenvalue weighted by molar-refractivity contribution is 5.99. The maximum atomic E-state index is 12.4. The first kappa shape index (κ1) is 15.2. The fraction of sp³-hybridized carbons (Fsp3) is 0.556. The van der Waals surface area contributed by atoms with Crippen LogP contribution in [0.1, 0.15) is 54.4 Å². The summed E-state index contributed by atoms with van der Waals surface area (Å²) in [4.78, 5) is 24.2. The minimum absolute atomic E-state index is 0.0191. The Kier molecular flexibility index (Phi) is 4.30. The summed E-state index contributed by atoms with van der Waals surface area (Å²) >= 11 is 0. The van der Waals surface area contributed by atoms with Crippen LogP contribution in [0, 0.1) is 12.8 Å². The Labute approximate surface area is 130 Å². The summed E-state index contributed by atoms with van der Waals surface area (Å²) in [5.41, 5.74) is 4.98. The molecule has 4 nitrogen and oxygen atoms in total. The van der Waals surface area contributed by atoms with Crippen molar-refractivity contribution in [2.24, 2.45) is 5.92 Å². The van der Waals surface area contributed by atoms with Gasteiger partial charge in [-0.1, -0.05) is 12.1 Å². The van der Waals surface area contributed by atoms with Gasteiger partial charge < -0.3 is 9.47 Å². The fourth-order valence-electron chi connectivity index (χ4n) is 3.72. The van der Waals surface area contributed by atoms with Crippen molar-refractivity contribution in [2.75, 3.05) is 6.61 Å². The Balaban J connectivity index is 1.81. The van der Waals surface area contributed by atoms with Gasteiger partial charge >= 0.3 is 5.97 Å². The van der Waals surface area contributed by atoms with E-state index < -0.39 is 5.92 Å². The van der Waals surface area contributed by atoms with Crippen LogP contribution in [-0.2, 0) is 32.3 Å². The Morgan fingerprint density at radius 3 is 2.86 bits per heavy atom. The summed E-state index contributed by atoms with van der Waals surface area (Å²) in [5, 5.41) is 0. The zero-order valence-electron chi connectivity index (χ0n) is 13.2. The number of hydrogen-bond donors (Lipinski definition) is 0. The molecule has 0 bridgehead atoms. The third-order valence-electron chi connectivity index (χ3n) is 4.80. The van der Waals surface area contributed by atoms with Gasteiger partial charge in [-0.2, -0.15) is 0 Å². The van der Waals surface area contributed by atoms with E-state index in [9.17, 15) is 9.59 Å². The summed E-state index contributed by atoms with van der Waals surface area (Å²) in [6.07, 6.45) is 1.87. The van der Waals surface area contributed by atoms with Gasteiger partial charge in [0.1, 0.15) is 11.7 Å². The van der Waals surface area contributed by atoms with E-state index in [1.54, 1.807) is 6.92 Å². The zero-order valence-corrected chi connectivity index (χ0v) is 13.2. The number of rotatable bonds is 3. The molecule has 1 aliphatic carbocycles. The molecule has 1 aromatic carbocycles. The largest absolute Gasteiger partial charge is 0.465 e. The van der Waals surface area contributed by atoms with Crippen LogP contribution < -0.4 is 0 Å². The van der Waals surface area contributed by atoms with E-state index >= 15 is 0 Å². The fourth-order valence-corrected chi connectivity index (χ4v) is 3.72. The molecular formula is C18H22O4. The van der Waals surface area contributed by atoms with Crippen LogP contribution in [0.3, 0.4) is 0 Å². The van der Waals surface area contributed by atoms with Crippen LogP contribution in [0.2, 0.25) is 0 Å². The number of hydrogen-bond acceptors (Lipinski definition) is 4. The molecule has 0 radical (unpaired) electrons. The molecule has 0 N–H and O–H groups in total. The predicted molar refractivity (Wildman–Crippen MR) is 81.4 cm³/mol. The van der Waals surface area contributed by atoms with Gasteiger partial charge in [0.05, 0.1) is 19.8 Å². The smallest absolute Gasteiger partial charge is 0.316 e. The van der Waals surface area contributed by atoms with Crippen LogP contribution in [0.4, 0.5) is 0 Å². The molecule has 0 amide bonds. The third-order valence-corrected chi connectivity index (χ3v) is 4.80. The van der Waals surface area contributed by atoms with Gasteiger partial charge in [0.15, 0.2) is 0 Å². The standard InChI is InChI=1S/C18H22O4/c1-3-22-18(20)14-7-6-12(8-16(14)19)17-11(2)4-5-13-9-21-10-15(13)17/h4-5,12,14H,3,6-10H2,1-2H3. The highest BCUT2D eigenvalue weighted by atomic mass is 16.5. The molecule has 2 atom stereocenters. The van der Waals surface area contributed by atoms with Crippen LogP contribution in [0.15, 0.2) is 12.1 Å². The molecule has 0 saturated heterocycles. The molecule has 1 fully saturated rings. The number of Topliss-reactive ketones (excluding diaryl/α,β-unsaturated/α-hetero) is 1. The minimum atomic E-state index is -0.565. The van der Waals surface area contributed by atoms with E-state index in [4.69, 9.17) is 9.47 Å². The van der Waals surface area contributed by atoms with Crippen LogP contribution >= 0.6 is 0 Å². The first-order valence-corrected chi connectivity index (χ1v) is 8.00. The van der Waals surface area contributed by atoms with E-state index in [-0.39, 0.29) is 17.7 Å². The second kappa shape index (κ2) is 6.21. The number of ketones is 1. The highest BCUT2D eigenvalue weighted by Crippen LogP contribution is 2.40. The van der Waals surface area contributed by atoms with Gasteiger partial charge in [-0.3, -0.25) is 9.59 Å². The SMILES string of the molecule is CCOC(=O)C1CCC(c2c(C)ccc3c2COC3)CC1=O. The second-order valence-corrected chi connectivity index (χ2v) is 6.18. The van der Waals surface area contributed by atoms with Crippen molar-refractivity contribution in [2.45, 2.75) is 52.2 Å². The van der Waals surface area contributed by atoms with Crippen LogP contribution in [-0.4, -0.2) is 18.4 Å². The summed E-state index contributed by atoms with van der Waals surface area (Å²) in [5.74, 6) is -0.700. The lowest BCUT2D eigenvalue weighted by molar-refractivity contribution is -0.152. The summed E-state index contributed by atoms with van der Waals surface area (Å²) < 4.78 is 10.6. The van der Waals surface area contributed by atoms with Gasteiger partial charge in [0.25, 0.3) is 0 Å². The van der Waals surface area contributed by atoms with Gasteiger partial charge in [-0.25, -0.2) is 0 Å². The lowest BCUT2D eigenvalue weighted by atomic mass is 9.75. The summed E-state index contributed by atoms with van der Waals surface area (Å²) in [6.45, 7) is 5.49. The number of benzene rings is 1. The number of carbonyl (C=O) groups is 2. The molecule has 1 aromatic rings. The van der Waals surface area contributed by atoms with E-state index in [0.717, 1.165) is 6.42 Å². The van der Waals surface area contributed by atoms with Crippen molar-refractivity contribution >= 4 is 11.8 Å². The van der Waals surface area contributed by atoms with Crippen molar-refractivity contribution in [1.82, 2.24) is 0 Å². The quantitative estimate of drug-likeness (QED) is 0.636. The van der Waals surface area contributed by atoms with E-state index in [1.165, 1.54) is 22.3 Å². The van der Waals surface area contributed by atoms with Gasteiger partial charge in [0, 0.05) is 6.42 Å². The number of aryl methyl sites for hydroxylation is 1. The molecular weight excluding hydrogens is 280 g/mol. The van der Waals surface area contributed by atoms with Crippen molar-refractivity contribution in [3.8, 4) is 0 Å². The predicted octanol–water partition coefficient (Wildman–Crippen LogP) is 3.04. The van der Waals surface area contributed by atoms with Gasteiger partial charge in [-0.05, 0) is 54.9 Å². The van der Waals surface area contributed by atoms with Crippen molar-refractivity contribution in [1.29, 1.82) is 0 Å². The molecule has 118 valence electrons. The van der Waals surface area contributed by atoms with Gasteiger partial charge in [0.2, 0.25) is 0 Å². The van der Waals surface area contributed by atoms with Crippen molar-refractivity contribution in [3.05, 3.63) is 34.4 Å². The Hall–Kier alpha value is -1.68. The molecule has 1 heterocycles. The maximum Gasteiger partial charge on any atom is 0.316 e. The van der Waals surface area contributed by atoms with Crippen molar-refractivity contribution in [3.63, 3.8) is 0 Å². The Morgan fingerprint density at radius 1 is 1.32 bits per heavy atom. The topological polar surface area (TPSA) is 52.6 Å². The Morgan fingerprint density at radius 2 is 2.14 bits per heavy atom. The molecule has 22 heavy (non-hydrogen) atoms. The highest BCUT2D eigenvalue weighted by Gasteiger charge is 2.36. The lowest BCUT2D eigenvalue weighted by Crippen LogP contribution is -2.32. The third kappa shape index (κ3) is 2.68. The zero-order chi connectivity index (χ0) is 15.7. The lowest BCUT2D eigenvalue weighted by Gasteiger charge is -2.28. The molecule has 2 unspecified atom stereocenters. The number of carbonyl (C=O) groups excluding carboxylic acids is 2. The molecule has 1 saturated carbocycles. The molecule has 3 rings (SSSR count). The maximum absolute atomic E-state index is 12.4.